The zero-order valence-electron chi connectivity index (χ0n) is 12.6. The lowest BCUT2D eigenvalue weighted by Crippen LogP contribution is -2.37. The third-order valence-electron chi connectivity index (χ3n) is 4.30. The molecule has 4 heteroatoms. The predicted octanol–water partition coefficient (Wildman–Crippen LogP) is 2.92. The molecule has 1 saturated heterocycles. The molecular formula is C16H26N2OS. The number of piperidine rings is 1. The van der Waals surface area contributed by atoms with Gasteiger partial charge in [0, 0.05) is 30.8 Å². The van der Waals surface area contributed by atoms with E-state index in [4.69, 9.17) is 0 Å². The van der Waals surface area contributed by atoms with Crippen LogP contribution in [0.1, 0.15) is 37.5 Å². The van der Waals surface area contributed by atoms with Gasteiger partial charge < -0.3 is 10.2 Å². The van der Waals surface area contributed by atoms with Crippen LogP contribution >= 0.6 is 11.3 Å². The number of carbonyl (C=O) groups excluding carboxylic acids is 1. The zero-order valence-corrected chi connectivity index (χ0v) is 13.4. The summed E-state index contributed by atoms with van der Waals surface area (Å²) in [5.74, 6) is 0.980. The monoisotopic (exact) mass is 294 g/mol. The molecule has 1 aliphatic rings. The summed E-state index contributed by atoms with van der Waals surface area (Å²) in [4.78, 5) is 15.5. The van der Waals surface area contributed by atoms with E-state index in [1.807, 2.05) is 11.9 Å². The van der Waals surface area contributed by atoms with Crippen LogP contribution in [0.3, 0.4) is 0 Å². The molecule has 0 saturated carbocycles. The predicted molar refractivity (Wildman–Crippen MR) is 85.1 cm³/mol. The van der Waals surface area contributed by atoms with E-state index in [0.29, 0.717) is 18.2 Å². The Kier molecular flexibility index (Phi) is 6.05. The van der Waals surface area contributed by atoms with Crippen molar-refractivity contribution in [2.45, 2.75) is 45.1 Å². The molecule has 2 rings (SSSR count). The number of hydrogen-bond acceptors (Lipinski definition) is 3. The van der Waals surface area contributed by atoms with E-state index in [0.717, 1.165) is 25.9 Å². The number of nitrogens with one attached hydrogen (secondary N) is 1. The van der Waals surface area contributed by atoms with Gasteiger partial charge >= 0.3 is 0 Å². The average molecular weight is 294 g/mol. The fourth-order valence-corrected chi connectivity index (χ4v) is 3.60. The molecule has 0 aliphatic carbocycles. The highest BCUT2D eigenvalue weighted by molar-refractivity contribution is 7.09. The summed E-state index contributed by atoms with van der Waals surface area (Å²) in [5, 5.41) is 5.51. The molecule has 1 amide bonds. The zero-order chi connectivity index (χ0) is 14.4. The van der Waals surface area contributed by atoms with E-state index in [-0.39, 0.29) is 6.04 Å². The molecule has 112 valence electrons. The molecule has 1 fully saturated rings. The number of thiophene rings is 1. The minimum Gasteiger partial charge on any atom is -0.343 e. The lowest BCUT2D eigenvalue weighted by atomic mass is 9.94. The molecule has 1 aromatic heterocycles. The van der Waals surface area contributed by atoms with E-state index in [9.17, 15) is 4.79 Å². The molecule has 0 radical (unpaired) electrons. The first-order chi connectivity index (χ1) is 9.66. The van der Waals surface area contributed by atoms with Gasteiger partial charge in [0.25, 0.3) is 0 Å². The maximum atomic E-state index is 12.3. The smallest absolute Gasteiger partial charge is 0.222 e. The van der Waals surface area contributed by atoms with Gasteiger partial charge in [0.2, 0.25) is 5.91 Å². The number of amides is 1. The van der Waals surface area contributed by atoms with E-state index >= 15 is 0 Å². The van der Waals surface area contributed by atoms with E-state index in [1.165, 1.54) is 17.7 Å². The second kappa shape index (κ2) is 7.79. The van der Waals surface area contributed by atoms with Crippen LogP contribution in [0.5, 0.6) is 0 Å². The number of carbonyl (C=O) groups is 1. The third-order valence-corrected chi connectivity index (χ3v) is 5.20. The van der Waals surface area contributed by atoms with Gasteiger partial charge in [-0.05, 0) is 56.6 Å². The molecule has 2 heterocycles. The molecule has 0 bridgehead atoms. The topological polar surface area (TPSA) is 32.3 Å². The van der Waals surface area contributed by atoms with Crippen molar-refractivity contribution in [3.05, 3.63) is 22.4 Å². The second-order valence-corrected chi connectivity index (χ2v) is 6.92. The first-order valence-corrected chi connectivity index (χ1v) is 8.53. The Morgan fingerprint density at radius 1 is 1.60 bits per heavy atom. The molecule has 0 spiro atoms. The summed E-state index contributed by atoms with van der Waals surface area (Å²) in [6.07, 6.45) is 5.21. The summed E-state index contributed by atoms with van der Waals surface area (Å²) in [6.45, 7) is 4.36. The minimum absolute atomic E-state index is 0.283. The van der Waals surface area contributed by atoms with Crippen LogP contribution in [-0.4, -0.2) is 37.0 Å². The van der Waals surface area contributed by atoms with Crippen LogP contribution in [0, 0.1) is 5.92 Å². The van der Waals surface area contributed by atoms with Crippen molar-refractivity contribution in [1.82, 2.24) is 10.2 Å². The molecular weight excluding hydrogens is 268 g/mol. The molecule has 1 aromatic rings. The lowest BCUT2D eigenvalue weighted by Gasteiger charge is -2.27. The van der Waals surface area contributed by atoms with Gasteiger partial charge in [0.15, 0.2) is 0 Å². The maximum absolute atomic E-state index is 12.3. The average Bonchev–Trinajstić information content (AvgIpc) is 2.98. The Morgan fingerprint density at radius 3 is 3.10 bits per heavy atom. The van der Waals surface area contributed by atoms with Crippen LogP contribution < -0.4 is 5.32 Å². The summed E-state index contributed by atoms with van der Waals surface area (Å²) >= 11 is 1.77. The maximum Gasteiger partial charge on any atom is 0.222 e. The Balaban J connectivity index is 1.73. The first-order valence-electron chi connectivity index (χ1n) is 7.65. The molecule has 3 nitrogen and oxygen atoms in total. The standard InChI is InChI=1S/C16H26N2OS/c1-13(11-15-6-4-10-20-15)18(2)16(19)8-7-14-5-3-9-17-12-14/h4,6,10,13-14,17H,3,5,7-9,11-12H2,1-2H3. The number of rotatable bonds is 6. The Labute approximate surface area is 126 Å². The molecule has 2 atom stereocenters. The minimum atomic E-state index is 0.283. The van der Waals surface area contributed by atoms with Crippen LogP contribution in [0.15, 0.2) is 17.5 Å². The highest BCUT2D eigenvalue weighted by atomic mass is 32.1. The van der Waals surface area contributed by atoms with Gasteiger partial charge in [-0.15, -0.1) is 11.3 Å². The summed E-state index contributed by atoms with van der Waals surface area (Å²) in [6, 6.07) is 4.50. The van der Waals surface area contributed by atoms with Crippen molar-refractivity contribution in [2.75, 3.05) is 20.1 Å². The normalized spacial score (nSPS) is 20.6. The lowest BCUT2D eigenvalue weighted by molar-refractivity contribution is -0.132. The summed E-state index contributed by atoms with van der Waals surface area (Å²) in [7, 11) is 1.94. The largest absolute Gasteiger partial charge is 0.343 e. The Bertz CT molecular complexity index is 399. The molecule has 0 aromatic carbocycles. The van der Waals surface area contributed by atoms with E-state index in [2.05, 4.69) is 29.8 Å². The van der Waals surface area contributed by atoms with Gasteiger partial charge in [-0.25, -0.2) is 0 Å². The van der Waals surface area contributed by atoms with Crippen LogP contribution in [-0.2, 0) is 11.2 Å². The first kappa shape index (κ1) is 15.5. The third kappa shape index (κ3) is 4.60. The van der Waals surface area contributed by atoms with Gasteiger partial charge in [0.05, 0.1) is 0 Å². The van der Waals surface area contributed by atoms with Gasteiger partial charge in [-0.3, -0.25) is 4.79 Å². The fourth-order valence-electron chi connectivity index (χ4n) is 2.78. The molecule has 2 unspecified atom stereocenters. The SMILES string of the molecule is CC(Cc1cccs1)N(C)C(=O)CCC1CCCNC1. The van der Waals surface area contributed by atoms with Crippen molar-refractivity contribution in [3.8, 4) is 0 Å². The van der Waals surface area contributed by atoms with Gasteiger partial charge in [0.1, 0.15) is 0 Å². The second-order valence-electron chi connectivity index (χ2n) is 5.89. The molecule has 1 aliphatic heterocycles. The number of hydrogen-bond donors (Lipinski definition) is 1. The highest BCUT2D eigenvalue weighted by Gasteiger charge is 2.19. The molecule has 20 heavy (non-hydrogen) atoms. The van der Waals surface area contributed by atoms with E-state index in [1.54, 1.807) is 11.3 Å². The van der Waals surface area contributed by atoms with Crippen molar-refractivity contribution in [1.29, 1.82) is 0 Å². The van der Waals surface area contributed by atoms with Gasteiger partial charge in [-0.2, -0.15) is 0 Å². The summed E-state index contributed by atoms with van der Waals surface area (Å²) in [5.41, 5.74) is 0. The van der Waals surface area contributed by atoms with Crippen molar-refractivity contribution in [2.24, 2.45) is 5.92 Å². The molecule has 1 N–H and O–H groups in total. The highest BCUT2D eigenvalue weighted by Crippen LogP contribution is 2.18. The van der Waals surface area contributed by atoms with Crippen LogP contribution in [0.2, 0.25) is 0 Å². The number of likely N-dealkylation sites (N-methyl/N-ethyl adjacent to an activating group) is 1. The van der Waals surface area contributed by atoms with Crippen molar-refractivity contribution >= 4 is 17.2 Å². The van der Waals surface area contributed by atoms with Crippen LogP contribution in [0.4, 0.5) is 0 Å². The van der Waals surface area contributed by atoms with Gasteiger partial charge in [-0.1, -0.05) is 6.07 Å². The Morgan fingerprint density at radius 2 is 2.45 bits per heavy atom. The van der Waals surface area contributed by atoms with Crippen molar-refractivity contribution < 1.29 is 4.79 Å². The van der Waals surface area contributed by atoms with Crippen LogP contribution in [0.25, 0.3) is 0 Å². The van der Waals surface area contributed by atoms with E-state index < -0.39 is 0 Å². The quantitative estimate of drug-likeness (QED) is 0.875. The fraction of sp³-hybridized carbons (Fsp3) is 0.688. The number of nitrogens with zero attached hydrogens (tertiary/aromatic N) is 1. The summed E-state index contributed by atoms with van der Waals surface area (Å²) < 4.78 is 0. The Hall–Kier alpha value is -0.870. The van der Waals surface area contributed by atoms with Crippen molar-refractivity contribution in [3.63, 3.8) is 0 Å².